The van der Waals surface area contributed by atoms with Crippen LogP contribution in [0.4, 0.5) is 17.5 Å². The van der Waals surface area contributed by atoms with E-state index in [1.165, 1.54) is 5.56 Å². The van der Waals surface area contributed by atoms with Crippen LogP contribution in [-0.2, 0) is 16.8 Å². The predicted octanol–water partition coefficient (Wildman–Crippen LogP) is 3.39. The number of aromatic nitrogens is 2. The summed E-state index contributed by atoms with van der Waals surface area (Å²) in [5.74, 6) is 1.34. The standard InChI is InChI=1S/C24H34N6O/c1-6-17(2)30-21-20(24(3,4)22(30)31)15-25-23(27-21)26-19-9-7-18(8-10-19)16-29-13-11-28(5)12-14-29/h7-10,15,17H,6,11-14,16H2,1-5H3,(H,25,26,27)/t17-/m0/s1. The van der Waals surface area contributed by atoms with E-state index in [1.807, 2.05) is 18.7 Å². The first-order chi connectivity index (χ1) is 14.8. The predicted molar refractivity (Wildman–Crippen MR) is 125 cm³/mol. The lowest BCUT2D eigenvalue weighted by atomic mass is 9.88. The highest BCUT2D eigenvalue weighted by molar-refractivity contribution is 6.07. The van der Waals surface area contributed by atoms with Gasteiger partial charge in [0, 0.05) is 56.2 Å². The molecule has 1 N–H and O–H groups in total. The summed E-state index contributed by atoms with van der Waals surface area (Å²) < 4.78 is 0. The lowest BCUT2D eigenvalue weighted by Gasteiger charge is -2.32. The number of amides is 1. The van der Waals surface area contributed by atoms with Gasteiger partial charge in [0.05, 0.1) is 5.41 Å². The van der Waals surface area contributed by atoms with Gasteiger partial charge >= 0.3 is 0 Å². The van der Waals surface area contributed by atoms with Gasteiger partial charge in [0.15, 0.2) is 0 Å². The Morgan fingerprint density at radius 2 is 1.81 bits per heavy atom. The Balaban J connectivity index is 1.48. The third kappa shape index (κ3) is 4.29. The minimum absolute atomic E-state index is 0.0940. The number of hydrogen-bond acceptors (Lipinski definition) is 6. The van der Waals surface area contributed by atoms with Crippen LogP contribution in [0.25, 0.3) is 0 Å². The first-order valence-electron chi connectivity index (χ1n) is 11.3. The van der Waals surface area contributed by atoms with Crippen molar-refractivity contribution >= 4 is 23.4 Å². The molecule has 7 heteroatoms. The van der Waals surface area contributed by atoms with Gasteiger partial charge in [-0.3, -0.25) is 14.6 Å². The van der Waals surface area contributed by atoms with Gasteiger partial charge in [-0.25, -0.2) is 4.98 Å². The summed E-state index contributed by atoms with van der Waals surface area (Å²) >= 11 is 0. The normalized spacial score (nSPS) is 20.0. The molecule has 7 nitrogen and oxygen atoms in total. The van der Waals surface area contributed by atoms with Gasteiger partial charge in [-0.1, -0.05) is 19.1 Å². The quantitative estimate of drug-likeness (QED) is 0.770. The van der Waals surface area contributed by atoms with Crippen LogP contribution < -0.4 is 10.2 Å². The molecule has 1 aromatic heterocycles. The fourth-order valence-corrected chi connectivity index (χ4v) is 4.25. The monoisotopic (exact) mass is 422 g/mol. The maximum Gasteiger partial charge on any atom is 0.238 e. The molecule has 1 amide bonds. The topological polar surface area (TPSA) is 64.6 Å². The number of likely N-dealkylation sites (N-methyl/N-ethyl adjacent to an activating group) is 1. The molecule has 0 spiro atoms. The van der Waals surface area contributed by atoms with Crippen molar-refractivity contribution in [2.45, 2.75) is 52.1 Å². The van der Waals surface area contributed by atoms with Crippen molar-refractivity contribution < 1.29 is 4.79 Å². The van der Waals surface area contributed by atoms with Crippen molar-refractivity contribution in [3.63, 3.8) is 0 Å². The summed E-state index contributed by atoms with van der Waals surface area (Å²) in [4.78, 5) is 28.9. The lowest BCUT2D eigenvalue weighted by Crippen LogP contribution is -2.43. The van der Waals surface area contributed by atoms with Gasteiger partial charge in [0.25, 0.3) is 0 Å². The fourth-order valence-electron chi connectivity index (χ4n) is 4.25. The number of hydrogen-bond donors (Lipinski definition) is 1. The summed E-state index contributed by atoms with van der Waals surface area (Å²) in [7, 11) is 2.18. The third-order valence-electron chi connectivity index (χ3n) is 6.67. The van der Waals surface area contributed by atoms with Crippen LogP contribution in [0.3, 0.4) is 0 Å². The van der Waals surface area contributed by atoms with E-state index in [9.17, 15) is 4.79 Å². The number of rotatable bonds is 6. The first kappa shape index (κ1) is 21.7. The van der Waals surface area contributed by atoms with Crippen LogP contribution in [0.2, 0.25) is 0 Å². The number of piperazine rings is 1. The molecule has 3 heterocycles. The van der Waals surface area contributed by atoms with Crippen molar-refractivity contribution in [3.05, 3.63) is 41.6 Å². The molecule has 2 aliphatic heterocycles. The summed E-state index contributed by atoms with van der Waals surface area (Å²) in [6.45, 7) is 13.5. The van der Waals surface area contributed by atoms with E-state index >= 15 is 0 Å². The smallest absolute Gasteiger partial charge is 0.238 e. The second-order valence-corrected chi connectivity index (χ2v) is 9.39. The van der Waals surface area contributed by atoms with Crippen LogP contribution in [0.15, 0.2) is 30.5 Å². The number of nitrogens with one attached hydrogen (secondary N) is 1. The molecule has 1 saturated heterocycles. The zero-order valence-corrected chi connectivity index (χ0v) is 19.4. The van der Waals surface area contributed by atoms with E-state index in [2.05, 4.69) is 65.3 Å². The molecular weight excluding hydrogens is 388 g/mol. The zero-order valence-electron chi connectivity index (χ0n) is 19.4. The Morgan fingerprint density at radius 3 is 2.45 bits per heavy atom. The number of nitrogens with zero attached hydrogens (tertiary/aromatic N) is 5. The van der Waals surface area contributed by atoms with Crippen molar-refractivity contribution in [2.75, 3.05) is 43.4 Å². The highest BCUT2D eigenvalue weighted by Crippen LogP contribution is 2.41. The number of benzene rings is 1. The van der Waals surface area contributed by atoms with Crippen molar-refractivity contribution in [3.8, 4) is 0 Å². The summed E-state index contributed by atoms with van der Waals surface area (Å²) in [6.07, 6.45) is 2.68. The molecule has 4 rings (SSSR count). The molecule has 0 unspecified atom stereocenters. The van der Waals surface area contributed by atoms with E-state index < -0.39 is 5.41 Å². The van der Waals surface area contributed by atoms with Crippen molar-refractivity contribution in [1.82, 2.24) is 19.8 Å². The van der Waals surface area contributed by atoms with Gasteiger partial charge in [-0.15, -0.1) is 0 Å². The van der Waals surface area contributed by atoms with Crippen LogP contribution >= 0.6 is 0 Å². The highest BCUT2D eigenvalue weighted by Gasteiger charge is 2.46. The van der Waals surface area contributed by atoms with E-state index in [1.54, 1.807) is 6.20 Å². The molecule has 0 saturated carbocycles. The SMILES string of the molecule is CC[C@H](C)N1C(=O)C(C)(C)c2cnc(Nc3ccc(CN4CCN(C)CC4)cc3)nc21. The first-order valence-corrected chi connectivity index (χ1v) is 11.3. The molecular formula is C24H34N6O. The van der Waals surface area contributed by atoms with Crippen LogP contribution in [0.5, 0.6) is 0 Å². The summed E-state index contributed by atoms with van der Waals surface area (Å²) in [5, 5.41) is 3.31. The van der Waals surface area contributed by atoms with Crippen LogP contribution in [-0.4, -0.2) is 64.9 Å². The maximum absolute atomic E-state index is 13.0. The van der Waals surface area contributed by atoms with E-state index in [-0.39, 0.29) is 11.9 Å². The Morgan fingerprint density at radius 1 is 1.13 bits per heavy atom. The van der Waals surface area contributed by atoms with Gasteiger partial charge in [-0.05, 0) is 51.9 Å². The number of carbonyl (C=O) groups excluding carboxylic acids is 1. The number of carbonyl (C=O) groups is 1. The fraction of sp³-hybridized carbons (Fsp3) is 0.542. The summed E-state index contributed by atoms with van der Waals surface area (Å²) in [6, 6.07) is 8.57. The molecule has 2 aliphatic rings. The largest absolute Gasteiger partial charge is 0.324 e. The van der Waals surface area contributed by atoms with Gasteiger partial charge < -0.3 is 10.2 Å². The number of fused-ring (bicyclic) bond motifs is 1. The Hall–Kier alpha value is -2.51. The molecule has 1 atom stereocenters. The van der Waals surface area contributed by atoms with Crippen molar-refractivity contribution in [1.29, 1.82) is 0 Å². The Kier molecular flexibility index (Phi) is 5.99. The minimum atomic E-state index is -0.595. The molecule has 1 aromatic carbocycles. The van der Waals surface area contributed by atoms with E-state index in [0.29, 0.717) is 5.95 Å². The Labute approximate surface area is 185 Å². The molecule has 0 aliphatic carbocycles. The van der Waals surface area contributed by atoms with Crippen LogP contribution in [0, 0.1) is 0 Å². The lowest BCUT2D eigenvalue weighted by molar-refractivity contribution is -0.122. The minimum Gasteiger partial charge on any atom is -0.324 e. The highest BCUT2D eigenvalue weighted by atomic mass is 16.2. The maximum atomic E-state index is 13.0. The average Bonchev–Trinajstić information content (AvgIpc) is 2.96. The average molecular weight is 423 g/mol. The second-order valence-electron chi connectivity index (χ2n) is 9.39. The molecule has 0 radical (unpaired) electrons. The van der Waals surface area contributed by atoms with Gasteiger partial charge in [0.2, 0.25) is 11.9 Å². The van der Waals surface area contributed by atoms with Gasteiger partial charge in [-0.2, -0.15) is 4.98 Å². The van der Waals surface area contributed by atoms with Crippen LogP contribution in [0.1, 0.15) is 45.2 Å². The molecule has 31 heavy (non-hydrogen) atoms. The molecule has 166 valence electrons. The van der Waals surface area contributed by atoms with Crippen molar-refractivity contribution in [2.24, 2.45) is 0 Å². The van der Waals surface area contributed by atoms with E-state index in [4.69, 9.17) is 4.98 Å². The molecule has 0 bridgehead atoms. The van der Waals surface area contributed by atoms with Gasteiger partial charge in [0.1, 0.15) is 5.82 Å². The summed E-state index contributed by atoms with van der Waals surface area (Å²) in [5.41, 5.74) is 2.55. The molecule has 1 fully saturated rings. The van der Waals surface area contributed by atoms with E-state index in [0.717, 1.165) is 56.2 Å². The number of anilines is 3. The molecule has 2 aromatic rings. The zero-order chi connectivity index (χ0) is 22.2. The third-order valence-corrected chi connectivity index (χ3v) is 6.67. The Bertz CT molecular complexity index is 934. The second kappa shape index (κ2) is 8.55.